The van der Waals surface area contributed by atoms with Gasteiger partial charge in [0.15, 0.2) is 0 Å². The Labute approximate surface area is 616 Å². The summed E-state index contributed by atoms with van der Waals surface area (Å²) in [4.78, 5) is 40.3. The predicted molar refractivity (Wildman–Crippen MR) is 424 cm³/mol. The summed E-state index contributed by atoms with van der Waals surface area (Å²) in [6.07, 6.45) is 18.7. The number of methoxy groups -OCH3 is 1. The van der Waals surface area contributed by atoms with Crippen LogP contribution in [-0.4, -0.2) is 142 Å². The molecule has 11 aromatic rings. The van der Waals surface area contributed by atoms with E-state index in [-0.39, 0.29) is 5.56 Å². The Kier molecular flexibility index (Phi) is 21.9. The van der Waals surface area contributed by atoms with Crippen LogP contribution in [0.3, 0.4) is 0 Å². The third-order valence-corrected chi connectivity index (χ3v) is 22.1. The van der Waals surface area contributed by atoms with Crippen molar-refractivity contribution in [2.24, 2.45) is 16.8 Å². The maximum atomic E-state index is 13.0. The largest absolute Gasteiger partial charge is 0.489 e. The molecule has 5 aromatic heterocycles. The molecule has 2 aliphatic carbocycles. The number of nitrogens with zero attached hydrogens (tertiary/aromatic N) is 9. The van der Waals surface area contributed by atoms with Crippen LogP contribution < -0.4 is 36.7 Å². The van der Waals surface area contributed by atoms with Crippen molar-refractivity contribution < 1.29 is 19.3 Å². The molecule has 6 aromatic carbocycles. The number of piperazine rings is 1. The van der Waals surface area contributed by atoms with Crippen LogP contribution in [-0.2, 0) is 24.4 Å². The monoisotopic (exact) mass is 1410 g/mol. The molecule has 7 N–H and O–H groups in total. The second-order valence-electron chi connectivity index (χ2n) is 29.6. The van der Waals surface area contributed by atoms with Crippen LogP contribution in [0.15, 0.2) is 205 Å². The number of benzene rings is 6. The van der Waals surface area contributed by atoms with Gasteiger partial charge in [-0.2, -0.15) is 0 Å². The molecule has 6 aliphatic rings. The van der Waals surface area contributed by atoms with Gasteiger partial charge in [-0.05, 0) is 190 Å². The minimum absolute atomic E-state index is 0.184. The minimum Gasteiger partial charge on any atom is -0.489 e. The quantitative estimate of drug-likeness (QED) is 0.0404. The summed E-state index contributed by atoms with van der Waals surface area (Å²) < 4.78 is 22.2. The molecule has 18 nitrogen and oxygen atoms in total. The van der Waals surface area contributed by atoms with E-state index >= 15 is 0 Å². The summed E-state index contributed by atoms with van der Waals surface area (Å²) in [6, 6.07) is 56.1. The van der Waals surface area contributed by atoms with E-state index in [0.29, 0.717) is 49.5 Å². The van der Waals surface area contributed by atoms with Crippen molar-refractivity contribution in [3.8, 4) is 33.8 Å². The lowest BCUT2D eigenvalue weighted by molar-refractivity contribution is 0.0921. The molecule has 542 valence electrons. The number of H-pyrrole nitrogens is 1. The molecule has 1 atom stereocenters. The van der Waals surface area contributed by atoms with Gasteiger partial charge < -0.3 is 64.9 Å². The van der Waals surface area contributed by atoms with Gasteiger partial charge >= 0.3 is 0 Å². The molecule has 17 rings (SSSR count). The fourth-order valence-electron chi connectivity index (χ4n) is 16.2. The van der Waals surface area contributed by atoms with Gasteiger partial charge in [-0.3, -0.25) is 14.7 Å². The average Bonchev–Trinajstić information content (AvgIpc) is 1.62. The molecule has 0 amide bonds. The molecule has 9 heterocycles. The lowest BCUT2D eigenvalue weighted by Gasteiger charge is -2.42. The number of aryl methyl sites for hydroxylation is 2. The van der Waals surface area contributed by atoms with Crippen molar-refractivity contribution in [3.63, 3.8) is 0 Å². The Bertz CT molecular complexity index is 4870. The van der Waals surface area contributed by atoms with Crippen LogP contribution in [0.1, 0.15) is 102 Å². The number of hydrogen-bond donors (Lipinski definition) is 5. The van der Waals surface area contributed by atoms with Gasteiger partial charge in [0.2, 0.25) is 0 Å². The van der Waals surface area contributed by atoms with E-state index < -0.39 is 6.10 Å². The van der Waals surface area contributed by atoms with E-state index in [1.165, 1.54) is 89.9 Å². The highest BCUT2D eigenvalue weighted by Gasteiger charge is 2.36. The number of aromatic amines is 1. The highest BCUT2D eigenvalue weighted by molar-refractivity contribution is 6.10. The number of nitrogens with two attached hydrogens (primary N) is 2. The predicted octanol–water partition coefficient (Wildman–Crippen LogP) is 15.0. The van der Waals surface area contributed by atoms with Gasteiger partial charge in [0.05, 0.1) is 35.4 Å². The maximum Gasteiger partial charge on any atom is 0.259 e. The summed E-state index contributed by atoms with van der Waals surface area (Å²) in [5, 5.41) is 16.1. The topological polar surface area (TPSA) is 206 Å². The number of anilines is 4. The Hall–Kier alpha value is -10.1. The van der Waals surface area contributed by atoms with Gasteiger partial charge in [0.1, 0.15) is 36.0 Å². The molecule has 105 heavy (non-hydrogen) atoms. The molecular weight excluding hydrogens is 1310 g/mol. The summed E-state index contributed by atoms with van der Waals surface area (Å²) in [6.45, 7) is 18.8. The van der Waals surface area contributed by atoms with E-state index in [1.54, 1.807) is 13.3 Å². The van der Waals surface area contributed by atoms with Crippen molar-refractivity contribution in [3.05, 3.63) is 244 Å². The summed E-state index contributed by atoms with van der Waals surface area (Å²) in [7, 11) is 1.75. The number of aliphatic hydroxyl groups is 1. The molecular formula is C87H99N13O5. The number of nitrogens with one attached hydrogen (secondary N) is 2. The first kappa shape index (κ1) is 70.6. The fourth-order valence-corrected chi connectivity index (χ4v) is 16.2. The second-order valence-corrected chi connectivity index (χ2v) is 29.6. The molecule has 0 radical (unpaired) electrons. The van der Waals surface area contributed by atoms with Gasteiger partial charge in [-0.15, -0.1) is 0 Å². The van der Waals surface area contributed by atoms with E-state index in [4.69, 9.17) is 40.6 Å². The van der Waals surface area contributed by atoms with E-state index in [1.807, 2.05) is 110 Å². The van der Waals surface area contributed by atoms with E-state index in [0.717, 1.165) is 163 Å². The number of nitrogen functional groups attached to an aromatic ring is 2. The maximum absolute atomic E-state index is 13.0. The summed E-state index contributed by atoms with van der Waals surface area (Å²) in [5.41, 5.74) is 31.5. The Morgan fingerprint density at radius 1 is 0.610 bits per heavy atom. The number of hydrogen-bond acceptors (Lipinski definition) is 15. The van der Waals surface area contributed by atoms with E-state index in [2.05, 4.69) is 131 Å². The first-order chi connectivity index (χ1) is 51.4. The first-order valence-corrected chi connectivity index (χ1v) is 37.8. The zero-order valence-electron chi connectivity index (χ0n) is 60.9. The standard InChI is InChI=1S/C30H37N5O3.C29H32N4O.C28H30N4O/c1-20-5-4-6-22(15-20)27(36)19-32-25-7-8-31-30(37)28(25)26-18-23-17-24(16-21(2)29(23)33-26)35-11-9-34(10-12-35)13-14-38-3;30-27-11-12-31-29-28(27)26(19-33(29)24-15-22(16-24)18-32-13-4-5-14-32)23-9-6-10-25(17-23)34-20-21-7-2-1-3-8-21;29-26-10-11-30-28-27(26)25(18-32(28)23-14-21(15-23)17-31-12-5-13-31)22-8-4-9-24(16-22)33-19-20-6-2-1-3-7-20/h4-8,15-17,27,36H,9-14,18-19H2,1-3H3,(H2,31,32,37);1-3,6-12,17,19,22,24H,4-5,13-16,18,20H2,(H2,30,31);1-4,6-11,16,18,21,23H,5,12-15,17,19H2,(H2,29,30)/t27-;;/m1../s1. The highest BCUT2D eigenvalue weighted by Crippen LogP contribution is 2.46. The van der Waals surface area contributed by atoms with Crippen LogP contribution in [0.25, 0.3) is 44.3 Å². The van der Waals surface area contributed by atoms with Crippen molar-refractivity contribution in [2.75, 3.05) is 114 Å². The van der Waals surface area contributed by atoms with Gasteiger partial charge in [-0.25, -0.2) is 9.97 Å². The number of ether oxygens (including phenoxy) is 3. The lowest BCUT2D eigenvalue weighted by atomic mass is 9.79. The number of aromatic nitrogens is 5. The SMILES string of the molecule is COCCN1CCN(c2cc(C)c3c(c2)CC(c2c(NC[C@@H](O)c4cccc(C)c4)cc[nH]c2=O)=N3)CC1.Nc1ccnc2c1c(-c1cccc(OCc3ccccc3)c1)cn2C1CC(CN2CCC2)C1.Nc1ccnc2c1c(-c1cccc(OCc3ccccc3)c1)cn2C1CC(CN2CCCC2)C1. The Balaban J connectivity index is 0.000000127. The number of pyridine rings is 3. The molecule has 4 aliphatic heterocycles. The molecule has 0 unspecified atom stereocenters. The molecule has 2 saturated carbocycles. The number of likely N-dealkylation sites (tertiary alicyclic amines) is 2. The highest BCUT2D eigenvalue weighted by atomic mass is 16.5. The third-order valence-electron chi connectivity index (χ3n) is 22.1. The molecule has 0 bridgehead atoms. The van der Waals surface area contributed by atoms with E-state index in [9.17, 15) is 9.90 Å². The molecule has 5 fully saturated rings. The molecule has 3 saturated heterocycles. The van der Waals surface area contributed by atoms with Crippen LogP contribution in [0.5, 0.6) is 11.5 Å². The van der Waals surface area contributed by atoms with Crippen LogP contribution in [0, 0.1) is 25.7 Å². The van der Waals surface area contributed by atoms with Gasteiger partial charge in [0, 0.05) is 148 Å². The van der Waals surface area contributed by atoms with Crippen molar-refractivity contribution in [1.29, 1.82) is 0 Å². The van der Waals surface area contributed by atoms with Crippen LogP contribution in [0.2, 0.25) is 0 Å². The minimum atomic E-state index is -0.690. The third kappa shape index (κ3) is 16.4. The van der Waals surface area contributed by atoms with Crippen LogP contribution in [0.4, 0.5) is 28.4 Å². The zero-order valence-corrected chi connectivity index (χ0v) is 60.9. The Morgan fingerprint density at radius 2 is 1.17 bits per heavy atom. The second kappa shape index (κ2) is 32.5. The average molecular weight is 1410 g/mol. The zero-order chi connectivity index (χ0) is 71.8. The number of aliphatic hydroxyl groups excluding tert-OH is 1. The van der Waals surface area contributed by atoms with Crippen molar-refractivity contribution >= 4 is 56.2 Å². The van der Waals surface area contributed by atoms with Crippen molar-refractivity contribution in [1.82, 2.24) is 38.8 Å². The molecule has 0 spiro atoms. The first-order valence-electron chi connectivity index (χ1n) is 37.8. The molecule has 18 heteroatoms. The van der Waals surface area contributed by atoms with Crippen LogP contribution >= 0.6 is 0 Å². The smallest absolute Gasteiger partial charge is 0.259 e. The van der Waals surface area contributed by atoms with Crippen molar-refractivity contribution in [2.45, 2.75) is 96.6 Å². The number of rotatable bonds is 23. The summed E-state index contributed by atoms with van der Waals surface area (Å²) in [5.74, 6) is 3.31. The Morgan fingerprint density at radius 3 is 1.71 bits per heavy atom. The fraction of sp³-hybridized carbons (Fsp3) is 0.356. The number of aliphatic imine (C=N–C) groups is 1. The van der Waals surface area contributed by atoms with Gasteiger partial charge in [0.25, 0.3) is 5.56 Å². The normalized spacial score (nSPS) is 18.9. The summed E-state index contributed by atoms with van der Waals surface area (Å²) >= 11 is 0. The van der Waals surface area contributed by atoms with Gasteiger partial charge in [-0.1, -0.05) is 115 Å². The number of fused-ring (bicyclic) bond motifs is 3. The lowest BCUT2D eigenvalue weighted by Crippen LogP contribution is -2.47.